The van der Waals surface area contributed by atoms with Gasteiger partial charge >= 0.3 is 0 Å². The first-order valence-corrected chi connectivity index (χ1v) is 7.94. The molecule has 3 rings (SSSR count). The third kappa shape index (κ3) is 4.33. The van der Waals surface area contributed by atoms with Crippen molar-refractivity contribution in [3.63, 3.8) is 0 Å². The van der Waals surface area contributed by atoms with E-state index in [0.717, 1.165) is 11.1 Å². The Kier molecular flexibility index (Phi) is 4.90. The molecule has 0 bridgehead atoms. The van der Waals surface area contributed by atoms with Crippen LogP contribution >= 0.6 is 11.3 Å². The number of pyridine rings is 2. The number of hydrogen-bond donors (Lipinski definition) is 2. The van der Waals surface area contributed by atoms with E-state index in [4.69, 9.17) is 0 Å². The third-order valence-corrected chi connectivity index (χ3v) is 3.88. The molecule has 3 aromatic heterocycles. The van der Waals surface area contributed by atoms with Gasteiger partial charge in [0.05, 0.1) is 0 Å². The fraction of sp³-hybridized carbons (Fsp3) is 0.125. The van der Waals surface area contributed by atoms with Crippen molar-refractivity contribution in [2.24, 2.45) is 0 Å². The Morgan fingerprint density at radius 1 is 1.04 bits per heavy atom. The highest BCUT2D eigenvalue weighted by molar-refractivity contribution is 7.13. The normalized spacial score (nSPS) is 10.3. The summed E-state index contributed by atoms with van der Waals surface area (Å²) in [5, 5.41) is 8.47. The van der Waals surface area contributed by atoms with E-state index in [9.17, 15) is 4.79 Å². The highest BCUT2D eigenvalue weighted by Crippen LogP contribution is 2.16. The smallest absolute Gasteiger partial charge is 0.271 e. The number of carbonyl (C=O) groups is 1. The van der Waals surface area contributed by atoms with Gasteiger partial charge in [0.2, 0.25) is 0 Å². The molecule has 6 nitrogen and oxygen atoms in total. The van der Waals surface area contributed by atoms with Crippen LogP contribution in [0.1, 0.15) is 21.6 Å². The number of hydrogen-bond acceptors (Lipinski definition) is 6. The van der Waals surface area contributed by atoms with E-state index in [1.54, 1.807) is 30.2 Å². The Balaban J connectivity index is 1.53. The summed E-state index contributed by atoms with van der Waals surface area (Å²) in [6.07, 6.45) is 6.95. The van der Waals surface area contributed by atoms with Crippen molar-refractivity contribution in [2.45, 2.75) is 13.1 Å². The zero-order valence-corrected chi connectivity index (χ0v) is 13.1. The van der Waals surface area contributed by atoms with Gasteiger partial charge in [-0.1, -0.05) is 12.1 Å². The molecule has 0 aliphatic rings. The highest BCUT2D eigenvalue weighted by Gasteiger charge is 2.10. The second kappa shape index (κ2) is 7.46. The van der Waals surface area contributed by atoms with Gasteiger partial charge in [0, 0.05) is 43.3 Å². The highest BCUT2D eigenvalue weighted by atomic mass is 32.1. The molecule has 23 heavy (non-hydrogen) atoms. The average molecular weight is 325 g/mol. The molecule has 0 spiro atoms. The lowest BCUT2D eigenvalue weighted by Gasteiger charge is -2.03. The number of aromatic nitrogens is 3. The summed E-state index contributed by atoms with van der Waals surface area (Å²) in [7, 11) is 0. The quantitative estimate of drug-likeness (QED) is 0.728. The monoisotopic (exact) mass is 325 g/mol. The largest absolute Gasteiger partial charge is 0.357 e. The molecule has 1 amide bonds. The van der Waals surface area contributed by atoms with E-state index < -0.39 is 0 Å². The average Bonchev–Trinajstić information content (AvgIpc) is 3.09. The van der Waals surface area contributed by atoms with Crippen molar-refractivity contribution >= 4 is 22.4 Å². The zero-order chi connectivity index (χ0) is 15.9. The Labute approximate surface area is 137 Å². The molecule has 0 radical (unpaired) electrons. The van der Waals surface area contributed by atoms with E-state index in [2.05, 4.69) is 25.6 Å². The van der Waals surface area contributed by atoms with Gasteiger partial charge in [-0.3, -0.25) is 14.8 Å². The van der Waals surface area contributed by atoms with Crippen LogP contribution in [0.5, 0.6) is 0 Å². The molecule has 3 heterocycles. The van der Waals surface area contributed by atoms with Gasteiger partial charge in [0.1, 0.15) is 5.69 Å². The molecule has 0 fully saturated rings. The Morgan fingerprint density at radius 2 is 1.74 bits per heavy atom. The molecule has 0 unspecified atom stereocenters. The van der Waals surface area contributed by atoms with Crippen LogP contribution in [0.25, 0.3) is 0 Å². The van der Waals surface area contributed by atoms with Crippen molar-refractivity contribution < 1.29 is 4.79 Å². The van der Waals surface area contributed by atoms with E-state index >= 15 is 0 Å². The minimum absolute atomic E-state index is 0.195. The second-order valence-electron chi connectivity index (χ2n) is 4.80. The summed E-state index contributed by atoms with van der Waals surface area (Å²) in [5.41, 5.74) is 2.42. The first kappa shape index (κ1) is 15.1. The number of amides is 1. The van der Waals surface area contributed by atoms with Crippen LogP contribution in [0.4, 0.5) is 5.13 Å². The van der Waals surface area contributed by atoms with E-state index in [1.807, 2.05) is 24.3 Å². The minimum atomic E-state index is -0.195. The van der Waals surface area contributed by atoms with Crippen molar-refractivity contribution in [2.75, 3.05) is 5.32 Å². The zero-order valence-electron chi connectivity index (χ0n) is 12.3. The van der Waals surface area contributed by atoms with Gasteiger partial charge < -0.3 is 10.6 Å². The van der Waals surface area contributed by atoms with E-state index in [1.165, 1.54) is 11.3 Å². The lowest BCUT2D eigenvalue weighted by Crippen LogP contribution is -2.23. The number of nitrogens with one attached hydrogen (secondary N) is 2. The molecule has 0 atom stereocenters. The summed E-state index contributed by atoms with van der Waals surface area (Å²) in [6, 6.07) is 7.62. The van der Waals surface area contributed by atoms with Crippen LogP contribution in [0, 0.1) is 0 Å². The fourth-order valence-electron chi connectivity index (χ4n) is 1.92. The first-order chi connectivity index (χ1) is 11.3. The molecule has 2 N–H and O–H groups in total. The number of rotatable bonds is 6. The fourth-order valence-corrected chi connectivity index (χ4v) is 2.60. The lowest BCUT2D eigenvalue weighted by atomic mass is 10.3. The topological polar surface area (TPSA) is 79.8 Å². The van der Waals surface area contributed by atoms with Crippen molar-refractivity contribution in [3.8, 4) is 0 Å². The summed E-state index contributed by atoms with van der Waals surface area (Å²) in [6.45, 7) is 1.06. The van der Waals surface area contributed by atoms with Crippen molar-refractivity contribution in [1.82, 2.24) is 20.3 Å². The summed E-state index contributed by atoms with van der Waals surface area (Å²) in [5.74, 6) is -0.195. The second-order valence-corrected chi connectivity index (χ2v) is 5.65. The molecule has 0 saturated heterocycles. The Morgan fingerprint density at radius 3 is 2.39 bits per heavy atom. The molecule has 0 aliphatic carbocycles. The maximum atomic E-state index is 12.1. The SMILES string of the molecule is O=C(NCc1cccnc1)c1csc(NCc2cccnc2)n1. The molecule has 0 aliphatic heterocycles. The minimum Gasteiger partial charge on any atom is -0.357 e. The third-order valence-electron chi connectivity index (χ3n) is 3.08. The number of anilines is 1. The molecular formula is C16H15N5OS. The number of nitrogens with zero attached hydrogens (tertiary/aromatic N) is 3. The van der Waals surface area contributed by atoms with Crippen LogP contribution in [0.3, 0.4) is 0 Å². The van der Waals surface area contributed by atoms with Gasteiger partial charge in [0.25, 0.3) is 5.91 Å². The maximum absolute atomic E-state index is 12.1. The summed E-state index contributed by atoms with van der Waals surface area (Å²) < 4.78 is 0. The van der Waals surface area contributed by atoms with Crippen LogP contribution in [0.2, 0.25) is 0 Å². The predicted octanol–water partition coefficient (Wildman–Crippen LogP) is 2.48. The Bertz CT molecular complexity index is 760. The van der Waals surface area contributed by atoms with Crippen LogP contribution in [-0.4, -0.2) is 20.9 Å². The van der Waals surface area contributed by atoms with Gasteiger partial charge in [-0.25, -0.2) is 4.98 Å². The van der Waals surface area contributed by atoms with Crippen LogP contribution < -0.4 is 10.6 Å². The molecule has 7 heteroatoms. The molecule has 3 aromatic rings. The van der Waals surface area contributed by atoms with E-state index in [-0.39, 0.29) is 5.91 Å². The predicted molar refractivity (Wildman–Crippen MR) is 89.1 cm³/mol. The van der Waals surface area contributed by atoms with Gasteiger partial charge in [0.15, 0.2) is 5.13 Å². The van der Waals surface area contributed by atoms with E-state index in [0.29, 0.717) is 23.9 Å². The Hall–Kier alpha value is -2.80. The van der Waals surface area contributed by atoms with Crippen LogP contribution in [-0.2, 0) is 13.1 Å². The van der Waals surface area contributed by atoms with Crippen molar-refractivity contribution in [3.05, 3.63) is 71.3 Å². The maximum Gasteiger partial charge on any atom is 0.271 e. The van der Waals surface area contributed by atoms with Crippen molar-refractivity contribution in [1.29, 1.82) is 0 Å². The molecule has 0 saturated carbocycles. The first-order valence-electron chi connectivity index (χ1n) is 7.06. The number of thiazole rings is 1. The summed E-state index contributed by atoms with van der Waals surface area (Å²) >= 11 is 1.40. The van der Waals surface area contributed by atoms with Crippen LogP contribution in [0.15, 0.2) is 54.4 Å². The van der Waals surface area contributed by atoms with Gasteiger partial charge in [-0.15, -0.1) is 11.3 Å². The lowest BCUT2D eigenvalue weighted by molar-refractivity contribution is 0.0946. The standard InChI is InChI=1S/C16H15N5OS/c22-15(19-9-12-3-1-5-17-7-12)14-11-23-16(21-14)20-10-13-4-2-6-18-8-13/h1-8,11H,9-10H2,(H,19,22)(H,20,21). The molecule has 0 aromatic carbocycles. The van der Waals surface area contributed by atoms with Gasteiger partial charge in [-0.2, -0.15) is 0 Å². The number of carbonyl (C=O) groups excluding carboxylic acids is 1. The summed E-state index contributed by atoms with van der Waals surface area (Å²) in [4.78, 5) is 24.4. The molecular weight excluding hydrogens is 310 g/mol. The molecule has 116 valence electrons. The van der Waals surface area contributed by atoms with Gasteiger partial charge in [-0.05, 0) is 23.3 Å².